The van der Waals surface area contributed by atoms with E-state index in [9.17, 15) is 24.3 Å². The van der Waals surface area contributed by atoms with E-state index in [0.717, 1.165) is 22.3 Å². The molecule has 1 heterocycles. The molecule has 0 bridgehead atoms. The molecule has 0 radical (unpaired) electrons. The number of rotatable bonds is 7. The number of nitrogens with zero attached hydrogens (tertiary/aromatic N) is 1. The van der Waals surface area contributed by atoms with Gasteiger partial charge in [0.05, 0.1) is 13.5 Å². The summed E-state index contributed by atoms with van der Waals surface area (Å²) in [6, 6.07) is 13.6. The highest BCUT2D eigenvalue weighted by atomic mass is 16.5. The maximum absolute atomic E-state index is 13.0. The number of aliphatic carboxylic acids is 1. The van der Waals surface area contributed by atoms with Crippen molar-refractivity contribution < 1.29 is 33.8 Å². The highest BCUT2D eigenvalue weighted by molar-refractivity contribution is 5.92. The van der Waals surface area contributed by atoms with Crippen molar-refractivity contribution in [1.29, 1.82) is 0 Å². The van der Waals surface area contributed by atoms with Crippen LogP contribution in [0.25, 0.3) is 11.1 Å². The fourth-order valence-corrected chi connectivity index (χ4v) is 4.77. The number of esters is 1. The monoisotopic (exact) mass is 466 g/mol. The minimum absolute atomic E-state index is 0.0301. The van der Waals surface area contributed by atoms with Gasteiger partial charge in [0.1, 0.15) is 18.7 Å². The average molecular weight is 466 g/mol. The first kappa shape index (κ1) is 23.3. The molecule has 2 amide bonds. The van der Waals surface area contributed by atoms with Crippen LogP contribution < -0.4 is 5.32 Å². The lowest BCUT2D eigenvalue weighted by molar-refractivity contribution is -0.152. The van der Waals surface area contributed by atoms with Crippen molar-refractivity contribution in [3.05, 3.63) is 59.7 Å². The summed E-state index contributed by atoms with van der Waals surface area (Å²) in [5, 5.41) is 11.7. The van der Waals surface area contributed by atoms with E-state index in [-0.39, 0.29) is 19.1 Å². The van der Waals surface area contributed by atoms with Crippen LogP contribution in [0.1, 0.15) is 36.3 Å². The third-order valence-corrected chi connectivity index (χ3v) is 6.32. The zero-order chi connectivity index (χ0) is 24.2. The molecular weight excluding hydrogens is 440 g/mol. The standard InChI is InChI=1S/C25H26N2O7/c1-33-24(31)21-11-6-12-27(21)23(30)20(13-22(28)29)26-25(32)34-14-19-17-9-4-2-7-15(17)16-8-3-5-10-18(16)19/h2-5,7-10,19-21H,6,11-14H2,1H3,(H,26,32)(H,28,29). The Kier molecular flexibility index (Phi) is 6.81. The first-order chi connectivity index (χ1) is 16.4. The number of alkyl carbamates (subject to hydrolysis) is 1. The van der Waals surface area contributed by atoms with Gasteiger partial charge < -0.3 is 24.8 Å². The topological polar surface area (TPSA) is 122 Å². The molecular formula is C25H26N2O7. The summed E-state index contributed by atoms with van der Waals surface area (Å²) in [5.41, 5.74) is 4.23. The van der Waals surface area contributed by atoms with Gasteiger partial charge >= 0.3 is 18.0 Å². The zero-order valence-corrected chi connectivity index (χ0v) is 18.7. The van der Waals surface area contributed by atoms with E-state index < -0.39 is 42.4 Å². The third kappa shape index (κ3) is 4.59. The van der Waals surface area contributed by atoms with Crippen molar-refractivity contribution in [2.45, 2.75) is 37.3 Å². The molecule has 1 saturated heterocycles. The molecule has 2 aromatic carbocycles. The first-order valence-electron chi connectivity index (χ1n) is 11.1. The first-order valence-corrected chi connectivity index (χ1v) is 11.1. The van der Waals surface area contributed by atoms with Gasteiger partial charge in [0.2, 0.25) is 5.91 Å². The van der Waals surface area contributed by atoms with Gasteiger partial charge in [0, 0.05) is 12.5 Å². The van der Waals surface area contributed by atoms with Crippen LogP contribution in [0.4, 0.5) is 4.79 Å². The largest absolute Gasteiger partial charge is 0.481 e. The smallest absolute Gasteiger partial charge is 0.407 e. The number of carbonyl (C=O) groups excluding carboxylic acids is 3. The molecule has 178 valence electrons. The number of benzene rings is 2. The Morgan fingerprint density at radius 3 is 2.26 bits per heavy atom. The maximum Gasteiger partial charge on any atom is 0.407 e. The molecule has 2 N–H and O–H groups in total. The molecule has 0 spiro atoms. The predicted molar refractivity (Wildman–Crippen MR) is 121 cm³/mol. The maximum atomic E-state index is 13.0. The Morgan fingerprint density at radius 1 is 1.06 bits per heavy atom. The molecule has 0 saturated carbocycles. The number of fused-ring (bicyclic) bond motifs is 3. The molecule has 2 atom stereocenters. The molecule has 1 fully saturated rings. The molecule has 1 aliphatic carbocycles. The summed E-state index contributed by atoms with van der Waals surface area (Å²) in [4.78, 5) is 50.3. The van der Waals surface area contributed by atoms with Crippen LogP contribution in [0.3, 0.4) is 0 Å². The lowest BCUT2D eigenvalue weighted by Crippen LogP contribution is -2.52. The van der Waals surface area contributed by atoms with Gasteiger partial charge in [-0.15, -0.1) is 0 Å². The second-order valence-corrected chi connectivity index (χ2v) is 8.33. The summed E-state index contributed by atoms with van der Waals surface area (Å²) in [6.45, 7) is 0.309. The number of hydrogen-bond acceptors (Lipinski definition) is 6. The van der Waals surface area contributed by atoms with Crippen LogP contribution in [-0.2, 0) is 23.9 Å². The van der Waals surface area contributed by atoms with Gasteiger partial charge in [-0.1, -0.05) is 48.5 Å². The Hall–Kier alpha value is -3.88. The summed E-state index contributed by atoms with van der Waals surface area (Å²) in [6.07, 6.45) is -0.525. The van der Waals surface area contributed by atoms with Gasteiger partial charge in [-0.2, -0.15) is 0 Å². The van der Waals surface area contributed by atoms with Crippen LogP contribution in [-0.4, -0.2) is 66.3 Å². The number of ether oxygens (including phenoxy) is 2. The Labute approximate surface area is 196 Å². The van der Waals surface area contributed by atoms with Crippen LogP contribution in [0.2, 0.25) is 0 Å². The third-order valence-electron chi connectivity index (χ3n) is 6.32. The lowest BCUT2D eigenvalue weighted by atomic mass is 9.98. The number of carbonyl (C=O) groups is 4. The number of amides is 2. The number of carboxylic acid groups (broad SMARTS) is 1. The highest BCUT2D eigenvalue weighted by Gasteiger charge is 2.39. The second kappa shape index (κ2) is 9.94. The van der Waals surface area contributed by atoms with E-state index >= 15 is 0 Å². The average Bonchev–Trinajstić information content (AvgIpc) is 3.44. The molecule has 34 heavy (non-hydrogen) atoms. The van der Waals surface area contributed by atoms with Crippen molar-refractivity contribution in [3.63, 3.8) is 0 Å². The van der Waals surface area contributed by atoms with Crippen LogP contribution in [0, 0.1) is 0 Å². The normalized spacial score (nSPS) is 17.4. The fraction of sp³-hybridized carbons (Fsp3) is 0.360. The van der Waals surface area contributed by atoms with Crippen molar-refractivity contribution >= 4 is 23.9 Å². The Morgan fingerprint density at radius 2 is 1.68 bits per heavy atom. The predicted octanol–water partition coefficient (Wildman–Crippen LogP) is 2.53. The number of carboxylic acids is 1. The molecule has 1 aliphatic heterocycles. The summed E-state index contributed by atoms with van der Waals surface area (Å²) >= 11 is 0. The minimum atomic E-state index is -1.36. The summed E-state index contributed by atoms with van der Waals surface area (Å²) in [7, 11) is 1.23. The van der Waals surface area contributed by atoms with E-state index in [0.29, 0.717) is 12.8 Å². The SMILES string of the molecule is COC(=O)C1CCCN1C(=O)C(CC(=O)O)NC(=O)OCC1c2ccccc2-c2ccccc21. The van der Waals surface area contributed by atoms with Crippen molar-refractivity contribution in [1.82, 2.24) is 10.2 Å². The molecule has 2 aromatic rings. The highest BCUT2D eigenvalue weighted by Crippen LogP contribution is 2.44. The van der Waals surface area contributed by atoms with Gasteiger partial charge in [0.25, 0.3) is 0 Å². The zero-order valence-electron chi connectivity index (χ0n) is 18.7. The van der Waals surface area contributed by atoms with Crippen molar-refractivity contribution in [2.75, 3.05) is 20.3 Å². The van der Waals surface area contributed by atoms with Gasteiger partial charge in [-0.05, 0) is 35.1 Å². The summed E-state index contributed by atoms with van der Waals surface area (Å²) in [5.74, 6) is -2.65. The Balaban J connectivity index is 1.45. The lowest BCUT2D eigenvalue weighted by Gasteiger charge is -2.27. The van der Waals surface area contributed by atoms with Crippen molar-refractivity contribution in [3.8, 4) is 11.1 Å². The van der Waals surface area contributed by atoms with Crippen molar-refractivity contribution in [2.24, 2.45) is 0 Å². The van der Waals surface area contributed by atoms with Gasteiger partial charge in [-0.25, -0.2) is 9.59 Å². The van der Waals surface area contributed by atoms with Gasteiger partial charge in [0.15, 0.2) is 0 Å². The molecule has 2 unspecified atom stereocenters. The Bertz CT molecular complexity index is 1070. The summed E-state index contributed by atoms with van der Waals surface area (Å²) < 4.78 is 10.2. The fourth-order valence-electron chi connectivity index (χ4n) is 4.77. The molecule has 9 heteroatoms. The van der Waals surface area contributed by atoms with Crippen LogP contribution in [0.15, 0.2) is 48.5 Å². The number of hydrogen-bond donors (Lipinski definition) is 2. The molecule has 2 aliphatic rings. The molecule has 9 nitrogen and oxygen atoms in total. The van der Waals surface area contributed by atoms with E-state index in [2.05, 4.69) is 5.32 Å². The number of likely N-dealkylation sites (tertiary alicyclic amines) is 1. The minimum Gasteiger partial charge on any atom is -0.481 e. The van der Waals surface area contributed by atoms with Gasteiger partial charge in [-0.3, -0.25) is 9.59 Å². The van der Waals surface area contributed by atoms with Crippen LogP contribution >= 0.6 is 0 Å². The second-order valence-electron chi connectivity index (χ2n) is 8.33. The molecule has 0 aromatic heterocycles. The van der Waals surface area contributed by atoms with E-state index in [1.165, 1.54) is 12.0 Å². The molecule has 4 rings (SSSR count). The van der Waals surface area contributed by atoms with E-state index in [4.69, 9.17) is 9.47 Å². The van der Waals surface area contributed by atoms with E-state index in [1.54, 1.807) is 0 Å². The quantitative estimate of drug-likeness (QED) is 0.601. The van der Waals surface area contributed by atoms with E-state index in [1.807, 2.05) is 48.5 Å². The number of nitrogens with one attached hydrogen (secondary N) is 1. The van der Waals surface area contributed by atoms with Crippen LogP contribution in [0.5, 0.6) is 0 Å². The number of methoxy groups -OCH3 is 1.